The third-order valence-electron chi connectivity index (χ3n) is 5.67. The Morgan fingerprint density at radius 1 is 1.16 bits per heavy atom. The van der Waals surface area contributed by atoms with Gasteiger partial charge in [0, 0.05) is 56.7 Å². The summed E-state index contributed by atoms with van der Waals surface area (Å²) in [6.07, 6.45) is 5.70. The number of hydrogen-bond acceptors (Lipinski definition) is 7. The number of likely N-dealkylation sites (N-methyl/N-ethyl adjacent to an activating group) is 1. The molecule has 8 heteroatoms. The van der Waals surface area contributed by atoms with E-state index in [0.29, 0.717) is 18.5 Å². The van der Waals surface area contributed by atoms with Gasteiger partial charge in [-0.05, 0) is 44.7 Å². The molecule has 8 nitrogen and oxygen atoms in total. The Morgan fingerprint density at radius 2 is 1.87 bits per heavy atom. The van der Waals surface area contributed by atoms with Crippen LogP contribution in [0.2, 0.25) is 0 Å². The average Bonchev–Trinajstić information content (AvgIpc) is 2.76. The average molecular weight is 427 g/mol. The summed E-state index contributed by atoms with van der Waals surface area (Å²) in [7, 11) is 7.53. The second-order valence-corrected chi connectivity index (χ2v) is 8.41. The second-order valence-electron chi connectivity index (χ2n) is 8.41. The molecule has 168 valence electrons. The number of nitrogens with one attached hydrogen (secondary N) is 2. The molecule has 3 rings (SSSR count). The normalized spacial score (nSPS) is 18.2. The van der Waals surface area contributed by atoms with E-state index in [1.807, 2.05) is 68.3 Å². The van der Waals surface area contributed by atoms with Gasteiger partial charge < -0.3 is 25.2 Å². The topological polar surface area (TPSA) is 82.6 Å². The minimum atomic E-state index is 0.0409. The largest absolute Gasteiger partial charge is 0.497 e. The van der Waals surface area contributed by atoms with E-state index in [1.165, 1.54) is 0 Å². The zero-order chi connectivity index (χ0) is 22.4. The van der Waals surface area contributed by atoms with Crippen molar-refractivity contribution < 1.29 is 9.53 Å². The van der Waals surface area contributed by atoms with Gasteiger partial charge in [0.15, 0.2) is 0 Å². The summed E-state index contributed by atoms with van der Waals surface area (Å²) in [5.41, 5.74) is 2.01. The standard InChI is InChI=1S/C23H34N6O2/c1-16-14-24-23(27-22(16)28(2)3)26-18-11-9-17(10-12-18)25-21(30)15-29(4)19-7-6-8-20(13-19)31-5/h6-8,13-14,17-18H,9-12,15H2,1-5H3,(H,25,30)(H,24,26,27)/t17-,18+. The molecule has 31 heavy (non-hydrogen) atoms. The molecule has 1 heterocycles. The molecule has 0 aliphatic heterocycles. The van der Waals surface area contributed by atoms with Crippen LogP contribution in [0, 0.1) is 6.92 Å². The monoisotopic (exact) mass is 426 g/mol. The molecule has 1 aliphatic rings. The fraction of sp³-hybridized carbons (Fsp3) is 0.522. The molecule has 1 aromatic carbocycles. The van der Waals surface area contributed by atoms with Gasteiger partial charge in [-0.1, -0.05) is 6.07 Å². The van der Waals surface area contributed by atoms with Crippen molar-refractivity contribution in [1.82, 2.24) is 15.3 Å². The van der Waals surface area contributed by atoms with Gasteiger partial charge in [0.25, 0.3) is 0 Å². The third-order valence-corrected chi connectivity index (χ3v) is 5.67. The van der Waals surface area contributed by atoms with E-state index in [0.717, 1.165) is 48.5 Å². The van der Waals surface area contributed by atoms with Crippen molar-refractivity contribution >= 4 is 23.4 Å². The SMILES string of the molecule is COc1cccc(N(C)CC(=O)N[C@H]2CC[C@@H](Nc3ncc(C)c(N(C)C)n3)CC2)c1. The molecule has 1 saturated carbocycles. The Hall–Kier alpha value is -3.03. The number of ether oxygens (including phenoxy) is 1. The lowest BCUT2D eigenvalue weighted by Crippen LogP contribution is -2.44. The number of anilines is 3. The summed E-state index contributed by atoms with van der Waals surface area (Å²) >= 11 is 0. The first-order chi connectivity index (χ1) is 14.9. The van der Waals surface area contributed by atoms with Crippen LogP contribution in [0.4, 0.5) is 17.5 Å². The Morgan fingerprint density at radius 3 is 2.55 bits per heavy atom. The highest BCUT2D eigenvalue weighted by atomic mass is 16.5. The molecular weight excluding hydrogens is 392 g/mol. The van der Waals surface area contributed by atoms with Gasteiger partial charge in [-0.3, -0.25) is 4.79 Å². The lowest BCUT2D eigenvalue weighted by molar-refractivity contribution is -0.120. The number of benzene rings is 1. The molecule has 0 radical (unpaired) electrons. The molecule has 0 saturated heterocycles. The van der Waals surface area contributed by atoms with Crippen LogP contribution in [0.1, 0.15) is 31.2 Å². The van der Waals surface area contributed by atoms with Crippen molar-refractivity contribution in [3.8, 4) is 5.75 Å². The van der Waals surface area contributed by atoms with Crippen LogP contribution in [0.25, 0.3) is 0 Å². The minimum Gasteiger partial charge on any atom is -0.497 e. The van der Waals surface area contributed by atoms with Crippen LogP contribution >= 0.6 is 0 Å². The Bertz CT molecular complexity index is 880. The summed E-state index contributed by atoms with van der Waals surface area (Å²) < 4.78 is 5.26. The van der Waals surface area contributed by atoms with Crippen LogP contribution in [-0.4, -0.2) is 62.8 Å². The number of hydrogen-bond donors (Lipinski definition) is 2. The van der Waals surface area contributed by atoms with Gasteiger partial charge >= 0.3 is 0 Å². The van der Waals surface area contributed by atoms with Gasteiger partial charge in [-0.15, -0.1) is 0 Å². The molecule has 0 spiro atoms. The van der Waals surface area contributed by atoms with E-state index in [-0.39, 0.29) is 11.9 Å². The molecule has 2 aromatic rings. The molecular formula is C23H34N6O2. The number of amides is 1. The van der Waals surface area contributed by atoms with E-state index in [9.17, 15) is 4.79 Å². The molecule has 0 bridgehead atoms. The fourth-order valence-corrected chi connectivity index (χ4v) is 3.95. The minimum absolute atomic E-state index is 0.0409. The van der Waals surface area contributed by atoms with Crippen molar-refractivity contribution in [3.63, 3.8) is 0 Å². The number of aromatic nitrogens is 2. The molecule has 1 aromatic heterocycles. The van der Waals surface area contributed by atoms with Crippen LogP contribution in [-0.2, 0) is 4.79 Å². The maximum absolute atomic E-state index is 12.5. The Kier molecular flexibility index (Phi) is 7.55. The number of carbonyl (C=O) groups excluding carboxylic acids is 1. The first-order valence-corrected chi connectivity index (χ1v) is 10.8. The van der Waals surface area contributed by atoms with Gasteiger partial charge in [0.1, 0.15) is 11.6 Å². The summed E-state index contributed by atoms with van der Waals surface area (Å²) in [6, 6.07) is 8.26. The quantitative estimate of drug-likeness (QED) is 0.672. The maximum Gasteiger partial charge on any atom is 0.239 e. The summed E-state index contributed by atoms with van der Waals surface area (Å²) in [5, 5.41) is 6.65. The highest BCUT2D eigenvalue weighted by Crippen LogP contribution is 2.23. The smallest absolute Gasteiger partial charge is 0.239 e. The lowest BCUT2D eigenvalue weighted by Gasteiger charge is -2.30. The maximum atomic E-state index is 12.5. The van der Waals surface area contributed by atoms with Crippen molar-refractivity contribution in [1.29, 1.82) is 0 Å². The second kappa shape index (κ2) is 10.3. The van der Waals surface area contributed by atoms with Gasteiger partial charge in [0.05, 0.1) is 13.7 Å². The molecule has 2 N–H and O–H groups in total. The molecule has 0 unspecified atom stereocenters. The molecule has 1 amide bonds. The van der Waals surface area contributed by atoms with Crippen LogP contribution in [0.5, 0.6) is 5.75 Å². The highest BCUT2D eigenvalue weighted by molar-refractivity contribution is 5.81. The number of aryl methyl sites for hydroxylation is 1. The van der Waals surface area contributed by atoms with Crippen molar-refractivity contribution in [2.75, 3.05) is 49.9 Å². The predicted molar refractivity (Wildman–Crippen MR) is 125 cm³/mol. The van der Waals surface area contributed by atoms with Gasteiger partial charge in [-0.2, -0.15) is 4.98 Å². The summed E-state index contributed by atoms with van der Waals surface area (Å²) in [6.45, 7) is 2.33. The fourth-order valence-electron chi connectivity index (χ4n) is 3.95. The zero-order valence-electron chi connectivity index (χ0n) is 19.2. The van der Waals surface area contributed by atoms with Crippen molar-refractivity contribution in [2.24, 2.45) is 0 Å². The number of rotatable bonds is 8. The Balaban J connectivity index is 1.45. The van der Waals surface area contributed by atoms with Gasteiger partial charge in [-0.25, -0.2) is 4.98 Å². The van der Waals surface area contributed by atoms with Crippen LogP contribution in [0.3, 0.4) is 0 Å². The van der Waals surface area contributed by atoms with Crippen molar-refractivity contribution in [3.05, 3.63) is 36.0 Å². The van der Waals surface area contributed by atoms with E-state index in [2.05, 4.69) is 20.6 Å². The molecule has 1 aliphatic carbocycles. The third kappa shape index (κ3) is 6.23. The highest BCUT2D eigenvalue weighted by Gasteiger charge is 2.23. The van der Waals surface area contributed by atoms with Crippen LogP contribution < -0.4 is 25.2 Å². The van der Waals surface area contributed by atoms with Crippen LogP contribution in [0.15, 0.2) is 30.5 Å². The summed E-state index contributed by atoms with van der Waals surface area (Å²) in [5.74, 6) is 2.42. The molecule has 0 atom stereocenters. The van der Waals surface area contributed by atoms with E-state index < -0.39 is 0 Å². The van der Waals surface area contributed by atoms with E-state index >= 15 is 0 Å². The number of carbonyl (C=O) groups is 1. The van der Waals surface area contributed by atoms with Crippen molar-refractivity contribution in [2.45, 2.75) is 44.7 Å². The van der Waals surface area contributed by atoms with E-state index in [4.69, 9.17) is 4.74 Å². The number of methoxy groups -OCH3 is 1. The summed E-state index contributed by atoms with van der Waals surface area (Å²) in [4.78, 5) is 25.5. The number of nitrogens with zero attached hydrogens (tertiary/aromatic N) is 4. The molecule has 1 fully saturated rings. The first-order valence-electron chi connectivity index (χ1n) is 10.8. The van der Waals surface area contributed by atoms with Gasteiger partial charge in [0.2, 0.25) is 11.9 Å². The zero-order valence-corrected chi connectivity index (χ0v) is 19.2. The van der Waals surface area contributed by atoms with E-state index in [1.54, 1.807) is 7.11 Å². The first kappa shape index (κ1) is 22.7. The predicted octanol–water partition coefficient (Wildman–Crippen LogP) is 2.84. The lowest BCUT2D eigenvalue weighted by atomic mass is 9.91. The Labute approximate surface area is 185 Å².